The second-order valence-electron chi connectivity index (χ2n) is 4.29. The lowest BCUT2D eigenvalue weighted by Crippen LogP contribution is -2.23. The summed E-state index contributed by atoms with van der Waals surface area (Å²) >= 11 is 6.42. The van der Waals surface area contributed by atoms with Crippen LogP contribution >= 0.6 is 39.5 Å². The Morgan fingerprint density at radius 3 is 2.32 bits per heavy atom. The summed E-state index contributed by atoms with van der Waals surface area (Å²) in [7, 11) is -4.51. The number of hydrogen-bond acceptors (Lipinski definition) is 2. The topological polar surface area (TPSA) is 98.7 Å². The van der Waals surface area contributed by atoms with Gasteiger partial charge in [-0.3, -0.25) is 4.57 Å². The largest absolute Gasteiger partial charge is 0.358 e. The maximum absolute atomic E-state index is 12.0. The number of anilines is 2. The number of benzene rings is 2. The summed E-state index contributed by atoms with van der Waals surface area (Å²) in [5, 5.41) is 4.76. The van der Waals surface area contributed by atoms with Crippen molar-refractivity contribution in [3.05, 3.63) is 51.4 Å². The van der Waals surface area contributed by atoms with Crippen LogP contribution in [0.25, 0.3) is 0 Å². The van der Waals surface area contributed by atoms with Crippen molar-refractivity contribution in [2.75, 3.05) is 10.6 Å². The van der Waals surface area contributed by atoms with Crippen molar-refractivity contribution in [3.63, 3.8) is 0 Å². The first-order valence-corrected chi connectivity index (χ1v) is 9.15. The van der Waals surface area contributed by atoms with E-state index < -0.39 is 13.6 Å². The fourth-order valence-corrected chi connectivity index (χ4v) is 3.39. The van der Waals surface area contributed by atoms with Gasteiger partial charge in [0.2, 0.25) is 0 Å². The highest BCUT2D eigenvalue weighted by atomic mass is 79.9. The van der Waals surface area contributed by atoms with Gasteiger partial charge in [-0.2, -0.15) is 0 Å². The van der Waals surface area contributed by atoms with Crippen molar-refractivity contribution in [3.8, 4) is 0 Å². The summed E-state index contributed by atoms with van der Waals surface area (Å²) in [4.78, 5) is 30.6. The summed E-state index contributed by atoms with van der Waals surface area (Å²) in [6.45, 7) is 0. The Kier molecular flexibility index (Phi) is 5.41. The van der Waals surface area contributed by atoms with Crippen LogP contribution in [0.2, 0.25) is 0 Å². The van der Waals surface area contributed by atoms with E-state index >= 15 is 0 Å². The van der Waals surface area contributed by atoms with E-state index in [0.29, 0.717) is 10.2 Å². The predicted octanol–water partition coefficient (Wildman–Crippen LogP) is 3.66. The van der Waals surface area contributed by atoms with Gasteiger partial charge in [0.25, 0.3) is 0 Å². The molecule has 2 rings (SSSR count). The maximum Gasteiger partial charge on any atom is 0.358 e. The third kappa shape index (κ3) is 4.66. The van der Waals surface area contributed by atoms with Crippen LogP contribution in [0.15, 0.2) is 51.4 Å². The minimum Gasteiger partial charge on any atom is -0.321 e. The molecule has 0 heterocycles. The Hall–Kier alpha value is -1.18. The fourth-order valence-electron chi connectivity index (χ4n) is 1.70. The van der Waals surface area contributed by atoms with Crippen LogP contribution in [0, 0.1) is 0 Å². The molecule has 2 aromatic rings. The van der Waals surface area contributed by atoms with Gasteiger partial charge in [-0.05, 0) is 36.4 Å². The van der Waals surface area contributed by atoms with Crippen LogP contribution in [0.5, 0.6) is 0 Å². The smallest absolute Gasteiger partial charge is 0.321 e. The summed E-state index contributed by atoms with van der Waals surface area (Å²) < 4.78 is 12.8. The molecule has 0 aliphatic rings. The number of carbonyl (C=O) groups is 1. The molecule has 0 fully saturated rings. The lowest BCUT2D eigenvalue weighted by atomic mass is 10.3. The maximum atomic E-state index is 12.0. The Balaban J connectivity index is 2.20. The standard InChI is InChI=1S/C13H11Br2N2O4P/c14-8-2-1-3-10(6-8)16-13(18)17-11-5-4-9(15)7-12(11)22(19,20)21/h1-7H,(H2,16,17,18)(H2,19,20,21). The third-order valence-electron chi connectivity index (χ3n) is 2.60. The Bertz CT molecular complexity index is 763. The zero-order valence-corrected chi connectivity index (χ0v) is 15.0. The molecule has 0 bridgehead atoms. The monoisotopic (exact) mass is 448 g/mol. The minimum absolute atomic E-state index is 0.0454. The lowest BCUT2D eigenvalue weighted by molar-refractivity contribution is 0.262. The molecular weight excluding hydrogens is 439 g/mol. The number of halogens is 2. The van der Waals surface area contributed by atoms with E-state index in [1.807, 2.05) is 6.07 Å². The molecule has 0 spiro atoms. The molecule has 0 atom stereocenters. The zero-order valence-electron chi connectivity index (χ0n) is 11.0. The molecular formula is C13H11Br2N2O4P. The first kappa shape index (κ1) is 17.2. The van der Waals surface area contributed by atoms with E-state index in [9.17, 15) is 19.1 Å². The number of carbonyl (C=O) groups excluding carboxylic acids is 1. The highest BCUT2D eigenvalue weighted by Gasteiger charge is 2.23. The van der Waals surface area contributed by atoms with E-state index in [-0.39, 0.29) is 11.0 Å². The van der Waals surface area contributed by atoms with E-state index in [0.717, 1.165) is 4.47 Å². The van der Waals surface area contributed by atoms with Gasteiger partial charge in [0.15, 0.2) is 0 Å². The molecule has 0 saturated carbocycles. The average molecular weight is 450 g/mol. The summed E-state index contributed by atoms with van der Waals surface area (Å²) in [5.74, 6) is 0. The highest BCUT2D eigenvalue weighted by Crippen LogP contribution is 2.37. The highest BCUT2D eigenvalue weighted by molar-refractivity contribution is 9.10. The number of hydrogen-bond donors (Lipinski definition) is 4. The second-order valence-corrected chi connectivity index (χ2v) is 7.70. The quantitative estimate of drug-likeness (QED) is 0.537. The van der Waals surface area contributed by atoms with E-state index in [1.54, 1.807) is 24.3 Å². The fraction of sp³-hybridized carbons (Fsp3) is 0. The summed E-state index contributed by atoms with van der Waals surface area (Å²) in [6, 6.07) is 10.6. The van der Waals surface area contributed by atoms with Gasteiger partial charge < -0.3 is 20.4 Å². The van der Waals surface area contributed by atoms with Crippen molar-refractivity contribution >= 4 is 62.2 Å². The summed E-state index contributed by atoms with van der Waals surface area (Å²) in [6.07, 6.45) is 0. The zero-order chi connectivity index (χ0) is 16.3. The van der Waals surface area contributed by atoms with Gasteiger partial charge in [-0.15, -0.1) is 0 Å². The molecule has 6 nitrogen and oxygen atoms in total. The number of urea groups is 1. The molecule has 0 saturated heterocycles. The lowest BCUT2D eigenvalue weighted by Gasteiger charge is -2.13. The van der Waals surface area contributed by atoms with Crippen molar-refractivity contribution in [2.45, 2.75) is 0 Å². The number of nitrogens with one attached hydrogen (secondary N) is 2. The molecule has 0 aliphatic heterocycles. The van der Waals surface area contributed by atoms with Crippen molar-refractivity contribution in [1.82, 2.24) is 0 Å². The van der Waals surface area contributed by atoms with E-state index in [1.165, 1.54) is 12.1 Å². The average Bonchev–Trinajstić information content (AvgIpc) is 2.39. The SMILES string of the molecule is O=C(Nc1cccc(Br)c1)Nc1ccc(Br)cc1P(=O)(O)O. The van der Waals surface area contributed by atoms with Gasteiger partial charge in [0, 0.05) is 14.6 Å². The van der Waals surface area contributed by atoms with Crippen LogP contribution in [-0.2, 0) is 4.57 Å². The molecule has 0 radical (unpaired) electrons. The van der Waals surface area contributed by atoms with Crippen molar-refractivity contribution in [1.29, 1.82) is 0 Å². The molecule has 9 heteroatoms. The minimum atomic E-state index is -4.51. The van der Waals surface area contributed by atoms with Gasteiger partial charge in [0.05, 0.1) is 11.0 Å². The van der Waals surface area contributed by atoms with Crippen LogP contribution in [-0.4, -0.2) is 15.8 Å². The molecule has 4 N–H and O–H groups in total. The second kappa shape index (κ2) is 6.93. The molecule has 116 valence electrons. The van der Waals surface area contributed by atoms with Crippen LogP contribution in [0.3, 0.4) is 0 Å². The van der Waals surface area contributed by atoms with Gasteiger partial charge in [-0.25, -0.2) is 4.79 Å². The first-order valence-electron chi connectivity index (χ1n) is 5.95. The van der Waals surface area contributed by atoms with E-state index in [2.05, 4.69) is 42.5 Å². The number of rotatable bonds is 3. The van der Waals surface area contributed by atoms with Gasteiger partial charge in [0.1, 0.15) is 0 Å². The molecule has 2 amide bonds. The van der Waals surface area contributed by atoms with Crippen molar-refractivity contribution in [2.24, 2.45) is 0 Å². The van der Waals surface area contributed by atoms with Crippen LogP contribution in [0.1, 0.15) is 0 Å². The third-order valence-corrected chi connectivity index (χ3v) is 4.59. The first-order chi connectivity index (χ1) is 10.3. The van der Waals surface area contributed by atoms with Crippen LogP contribution in [0.4, 0.5) is 16.2 Å². The molecule has 0 aromatic heterocycles. The number of amides is 2. The molecule has 2 aromatic carbocycles. The molecule has 0 unspecified atom stereocenters. The normalized spacial score (nSPS) is 11.1. The summed E-state index contributed by atoms with van der Waals surface area (Å²) in [5.41, 5.74) is 0.589. The van der Waals surface area contributed by atoms with Gasteiger partial charge >= 0.3 is 13.6 Å². The molecule has 0 aliphatic carbocycles. The van der Waals surface area contributed by atoms with E-state index in [4.69, 9.17) is 0 Å². The van der Waals surface area contributed by atoms with Crippen LogP contribution < -0.4 is 15.9 Å². The molecule has 22 heavy (non-hydrogen) atoms. The predicted molar refractivity (Wildman–Crippen MR) is 92.6 cm³/mol. The Morgan fingerprint density at radius 2 is 1.68 bits per heavy atom. The van der Waals surface area contributed by atoms with Gasteiger partial charge in [-0.1, -0.05) is 37.9 Å². The Morgan fingerprint density at radius 1 is 1.00 bits per heavy atom. The van der Waals surface area contributed by atoms with Crippen molar-refractivity contribution < 1.29 is 19.1 Å². The Labute approximate surface area is 143 Å².